The lowest BCUT2D eigenvalue weighted by atomic mass is 10.1. The predicted octanol–water partition coefficient (Wildman–Crippen LogP) is 1.41. The van der Waals surface area contributed by atoms with E-state index in [-0.39, 0.29) is 13.2 Å². The highest BCUT2D eigenvalue weighted by molar-refractivity contribution is 7.51. The predicted molar refractivity (Wildman–Crippen MR) is 65.5 cm³/mol. The normalized spacial score (nSPS) is 14.1. The second-order valence-electron chi connectivity index (χ2n) is 5.33. The number of aliphatic hydroxyl groups is 2. The fourth-order valence-corrected chi connectivity index (χ4v) is 1.65. The van der Waals surface area contributed by atoms with Crippen LogP contribution < -0.4 is 5.50 Å². The molecule has 104 valence electrons. The Balaban J connectivity index is 3.85. The second kappa shape index (κ2) is 6.27. The number of nitrogens with two attached hydrogens (primary N) is 1. The molecule has 0 aliphatic rings. The molecule has 7 heteroatoms. The Labute approximate surface area is 103 Å². The standard InChI is InChI=1S/C10H24NO5P/c1-9(2,12)5-7-15-17(11,14)16-8-6-10(3,4)13/h12-13H,5-8H2,1-4H3,(H2,11,14). The van der Waals surface area contributed by atoms with Gasteiger partial charge in [0.15, 0.2) is 0 Å². The van der Waals surface area contributed by atoms with Gasteiger partial charge in [-0.3, -0.25) is 9.05 Å². The van der Waals surface area contributed by atoms with Crippen LogP contribution in [0.25, 0.3) is 0 Å². The molecule has 0 heterocycles. The van der Waals surface area contributed by atoms with Crippen LogP contribution in [0.15, 0.2) is 0 Å². The van der Waals surface area contributed by atoms with Crippen LogP contribution in [0.3, 0.4) is 0 Å². The van der Waals surface area contributed by atoms with E-state index in [4.69, 9.17) is 14.6 Å². The van der Waals surface area contributed by atoms with Crippen molar-refractivity contribution >= 4 is 7.75 Å². The first kappa shape index (κ1) is 17.0. The first-order chi connectivity index (χ1) is 7.41. The lowest BCUT2D eigenvalue weighted by Crippen LogP contribution is -2.22. The molecule has 0 aliphatic carbocycles. The Morgan fingerprint density at radius 1 is 1.00 bits per heavy atom. The molecular weight excluding hydrogens is 245 g/mol. The van der Waals surface area contributed by atoms with Crippen LogP contribution in [0, 0.1) is 0 Å². The van der Waals surface area contributed by atoms with Crippen LogP contribution in [-0.4, -0.2) is 34.6 Å². The molecule has 0 unspecified atom stereocenters. The van der Waals surface area contributed by atoms with E-state index in [0.717, 1.165) is 0 Å². The van der Waals surface area contributed by atoms with Crippen molar-refractivity contribution < 1.29 is 23.8 Å². The summed E-state index contributed by atoms with van der Waals surface area (Å²) in [7, 11) is -3.59. The molecule has 6 nitrogen and oxygen atoms in total. The minimum absolute atomic E-state index is 0.0554. The monoisotopic (exact) mass is 269 g/mol. The van der Waals surface area contributed by atoms with Crippen LogP contribution >= 0.6 is 7.75 Å². The van der Waals surface area contributed by atoms with Gasteiger partial charge in [0.25, 0.3) is 0 Å². The number of hydrogen-bond acceptors (Lipinski definition) is 5. The zero-order valence-electron chi connectivity index (χ0n) is 11.0. The van der Waals surface area contributed by atoms with Crippen molar-refractivity contribution in [3.8, 4) is 0 Å². The maximum atomic E-state index is 11.6. The summed E-state index contributed by atoms with van der Waals surface area (Å²) in [6, 6.07) is 0. The van der Waals surface area contributed by atoms with Gasteiger partial charge in [-0.1, -0.05) is 0 Å². The molecule has 0 aliphatic heterocycles. The van der Waals surface area contributed by atoms with Gasteiger partial charge in [-0.2, -0.15) is 0 Å². The minimum atomic E-state index is -3.59. The Bertz CT molecular complexity index is 245. The van der Waals surface area contributed by atoms with Crippen molar-refractivity contribution in [3.63, 3.8) is 0 Å². The summed E-state index contributed by atoms with van der Waals surface area (Å²) in [5.74, 6) is 0. The molecule has 0 aromatic carbocycles. The molecule has 17 heavy (non-hydrogen) atoms. The summed E-state index contributed by atoms with van der Waals surface area (Å²) in [6.45, 7) is 6.58. The molecule has 0 bridgehead atoms. The van der Waals surface area contributed by atoms with E-state index in [2.05, 4.69) is 0 Å². The molecular formula is C10H24NO5P. The molecule has 0 fully saturated rings. The SMILES string of the molecule is CC(C)(O)CCOP(N)(=O)OCCC(C)(C)O. The molecule has 0 radical (unpaired) electrons. The van der Waals surface area contributed by atoms with Crippen molar-refractivity contribution in [2.75, 3.05) is 13.2 Å². The van der Waals surface area contributed by atoms with Crippen molar-refractivity contribution in [2.45, 2.75) is 51.7 Å². The first-order valence-corrected chi connectivity index (χ1v) is 7.15. The summed E-state index contributed by atoms with van der Waals surface area (Å²) in [4.78, 5) is 0. The maximum Gasteiger partial charge on any atom is 0.402 e. The van der Waals surface area contributed by atoms with E-state index < -0.39 is 18.9 Å². The van der Waals surface area contributed by atoms with Crippen LogP contribution in [0.4, 0.5) is 0 Å². The zero-order valence-corrected chi connectivity index (χ0v) is 11.9. The lowest BCUT2D eigenvalue weighted by molar-refractivity contribution is 0.0440. The molecule has 0 saturated heterocycles. The molecule has 0 rings (SSSR count). The lowest BCUT2D eigenvalue weighted by Gasteiger charge is -2.20. The molecule has 0 saturated carbocycles. The highest BCUT2D eigenvalue weighted by Gasteiger charge is 2.22. The van der Waals surface area contributed by atoms with Gasteiger partial charge in [-0.15, -0.1) is 0 Å². The zero-order chi connectivity index (χ0) is 13.7. The van der Waals surface area contributed by atoms with Crippen molar-refractivity contribution in [1.29, 1.82) is 0 Å². The molecule has 4 N–H and O–H groups in total. The Morgan fingerprint density at radius 3 is 1.53 bits per heavy atom. The third-order valence-electron chi connectivity index (χ3n) is 1.97. The van der Waals surface area contributed by atoms with Crippen LogP contribution in [0.5, 0.6) is 0 Å². The van der Waals surface area contributed by atoms with Crippen LogP contribution in [-0.2, 0) is 13.6 Å². The van der Waals surface area contributed by atoms with Gasteiger partial charge in [-0.25, -0.2) is 10.1 Å². The molecule has 0 atom stereocenters. The van der Waals surface area contributed by atoms with E-state index in [1.54, 1.807) is 27.7 Å². The Morgan fingerprint density at radius 2 is 1.29 bits per heavy atom. The van der Waals surface area contributed by atoms with Crippen molar-refractivity contribution in [3.05, 3.63) is 0 Å². The minimum Gasteiger partial charge on any atom is -0.390 e. The maximum absolute atomic E-state index is 11.6. The Hall–Kier alpha value is 0.0300. The number of hydrogen-bond donors (Lipinski definition) is 3. The average molecular weight is 269 g/mol. The molecule has 0 aromatic heterocycles. The average Bonchev–Trinajstić information content (AvgIpc) is 1.96. The summed E-state index contributed by atoms with van der Waals surface area (Å²) < 4.78 is 21.3. The van der Waals surface area contributed by atoms with Gasteiger partial charge in [0.1, 0.15) is 0 Å². The van der Waals surface area contributed by atoms with Crippen molar-refractivity contribution in [1.82, 2.24) is 0 Å². The largest absolute Gasteiger partial charge is 0.402 e. The third kappa shape index (κ3) is 12.3. The molecule has 0 spiro atoms. The fourth-order valence-electron chi connectivity index (χ4n) is 0.883. The van der Waals surface area contributed by atoms with Gasteiger partial charge >= 0.3 is 7.75 Å². The van der Waals surface area contributed by atoms with E-state index >= 15 is 0 Å². The topological polar surface area (TPSA) is 102 Å². The summed E-state index contributed by atoms with van der Waals surface area (Å²) in [5, 5.41) is 18.8. The fraction of sp³-hybridized carbons (Fsp3) is 1.00. The van der Waals surface area contributed by atoms with E-state index in [9.17, 15) is 14.8 Å². The second-order valence-corrected chi connectivity index (χ2v) is 6.93. The third-order valence-corrected chi connectivity index (χ3v) is 3.06. The summed E-state index contributed by atoms with van der Waals surface area (Å²) in [6.07, 6.45) is 0.617. The molecule has 0 aromatic rings. The van der Waals surface area contributed by atoms with Crippen LogP contribution in [0.1, 0.15) is 40.5 Å². The summed E-state index contributed by atoms with van der Waals surface area (Å²) >= 11 is 0. The van der Waals surface area contributed by atoms with E-state index in [1.165, 1.54) is 0 Å². The van der Waals surface area contributed by atoms with Crippen LogP contribution in [0.2, 0.25) is 0 Å². The highest BCUT2D eigenvalue weighted by Crippen LogP contribution is 2.39. The van der Waals surface area contributed by atoms with Crippen molar-refractivity contribution in [2.24, 2.45) is 5.50 Å². The smallest absolute Gasteiger partial charge is 0.390 e. The Kier molecular flexibility index (Phi) is 6.28. The van der Waals surface area contributed by atoms with E-state index in [1.807, 2.05) is 0 Å². The molecule has 0 amide bonds. The van der Waals surface area contributed by atoms with Gasteiger partial charge < -0.3 is 10.2 Å². The van der Waals surface area contributed by atoms with Gasteiger partial charge in [0, 0.05) is 0 Å². The van der Waals surface area contributed by atoms with Gasteiger partial charge in [-0.05, 0) is 40.5 Å². The highest BCUT2D eigenvalue weighted by atomic mass is 31.2. The quantitative estimate of drug-likeness (QED) is 0.576. The van der Waals surface area contributed by atoms with Gasteiger partial charge in [0.05, 0.1) is 24.4 Å². The first-order valence-electron chi connectivity index (χ1n) is 5.54. The van der Waals surface area contributed by atoms with E-state index in [0.29, 0.717) is 12.8 Å². The summed E-state index contributed by atoms with van der Waals surface area (Å²) in [5.41, 5.74) is 3.53. The number of rotatable bonds is 8. The van der Waals surface area contributed by atoms with Gasteiger partial charge in [0.2, 0.25) is 0 Å².